The first-order valence-electron chi connectivity index (χ1n) is 9.94. The highest BCUT2D eigenvalue weighted by molar-refractivity contribution is 5.90. The Morgan fingerprint density at radius 1 is 1.10 bits per heavy atom. The van der Waals surface area contributed by atoms with Gasteiger partial charge in [-0.1, -0.05) is 36.4 Å². The molecule has 6 heteroatoms. The number of benzene rings is 2. The second-order valence-corrected chi connectivity index (χ2v) is 7.43. The van der Waals surface area contributed by atoms with E-state index in [-0.39, 0.29) is 17.9 Å². The average molecular weight is 395 g/mol. The molecule has 1 fully saturated rings. The van der Waals surface area contributed by atoms with Crippen LogP contribution >= 0.6 is 0 Å². The molecular formula is C23H25NO5. The van der Waals surface area contributed by atoms with Crippen LogP contribution in [0.15, 0.2) is 48.5 Å². The normalized spacial score (nSPS) is 21.5. The van der Waals surface area contributed by atoms with Crippen molar-refractivity contribution in [1.29, 1.82) is 0 Å². The maximum absolute atomic E-state index is 13.4. The zero-order chi connectivity index (χ0) is 20.2. The van der Waals surface area contributed by atoms with Crippen LogP contribution in [-0.4, -0.2) is 43.7 Å². The monoisotopic (exact) mass is 395 g/mol. The molecule has 2 aromatic rings. The van der Waals surface area contributed by atoms with Gasteiger partial charge in [-0.2, -0.15) is 0 Å². The Morgan fingerprint density at radius 2 is 1.93 bits per heavy atom. The average Bonchev–Trinajstić information content (AvgIpc) is 2.98. The van der Waals surface area contributed by atoms with Gasteiger partial charge in [-0.3, -0.25) is 4.79 Å². The highest BCUT2D eigenvalue weighted by Gasteiger charge is 2.34. The van der Waals surface area contributed by atoms with Crippen molar-refractivity contribution in [2.45, 2.75) is 25.4 Å². The highest BCUT2D eigenvalue weighted by atomic mass is 16.5. The third-order valence-corrected chi connectivity index (χ3v) is 5.58. The molecule has 0 radical (unpaired) electrons. The fraction of sp³-hybridized carbons (Fsp3) is 0.391. The van der Waals surface area contributed by atoms with Crippen LogP contribution < -0.4 is 4.74 Å². The molecule has 1 saturated heterocycles. The van der Waals surface area contributed by atoms with Gasteiger partial charge >= 0.3 is 5.97 Å². The van der Waals surface area contributed by atoms with Crippen molar-refractivity contribution in [1.82, 2.24) is 4.90 Å². The van der Waals surface area contributed by atoms with Gasteiger partial charge in [0.05, 0.1) is 37.8 Å². The molecule has 0 aromatic heterocycles. The molecule has 0 bridgehead atoms. The van der Waals surface area contributed by atoms with Crippen LogP contribution in [0.3, 0.4) is 0 Å². The van der Waals surface area contributed by atoms with Gasteiger partial charge in [0.1, 0.15) is 12.4 Å². The molecule has 152 valence electrons. The van der Waals surface area contributed by atoms with E-state index in [1.807, 2.05) is 41.3 Å². The van der Waals surface area contributed by atoms with Gasteiger partial charge in [-0.05, 0) is 30.5 Å². The minimum Gasteiger partial charge on any atom is -0.491 e. The second kappa shape index (κ2) is 8.66. The van der Waals surface area contributed by atoms with Gasteiger partial charge in [0.15, 0.2) is 0 Å². The Labute approximate surface area is 170 Å². The Morgan fingerprint density at radius 3 is 2.66 bits per heavy atom. The number of carbonyl (C=O) groups excluding carboxylic acids is 2. The Hall–Kier alpha value is -2.86. The van der Waals surface area contributed by atoms with Gasteiger partial charge in [0, 0.05) is 12.2 Å². The molecule has 2 aliphatic rings. The van der Waals surface area contributed by atoms with E-state index in [2.05, 4.69) is 0 Å². The number of hydrogen-bond donors (Lipinski definition) is 0. The van der Waals surface area contributed by atoms with Crippen LogP contribution in [0.5, 0.6) is 5.75 Å². The van der Waals surface area contributed by atoms with Crippen molar-refractivity contribution >= 4 is 11.9 Å². The van der Waals surface area contributed by atoms with Crippen LogP contribution in [0.4, 0.5) is 0 Å². The lowest BCUT2D eigenvalue weighted by atomic mass is 9.97. The first-order valence-corrected chi connectivity index (χ1v) is 9.94. The van der Waals surface area contributed by atoms with Gasteiger partial charge in [-0.25, -0.2) is 4.79 Å². The van der Waals surface area contributed by atoms with Crippen LogP contribution in [0, 0.1) is 5.92 Å². The topological polar surface area (TPSA) is 65.1 Å². The predicted molar refractivity (Wildman–Crippen MR) is 107 cm³/mol. The van der Waals surface area contributed by atoms with E-state index in [0.29, 0.717) is 37.7 Å². The van der Waals surface area contributed by atoms with Crippen molar-refractivity contribution < 1.29 is 23.8 Å². The molecule has 2 heterocycles. The lowest BCUT2D eigenvalue weighted by Crippen LogP contribution is -2.42. The van der Waals surface area contributed by atoms with Gasteiger partial charge < -0.3 is 19.1 Å². The molecule has 0 N–H and O–H groups in total. The number of nitrogens with zero attached hydrogens (tertiary/aromatic N) is 1. The molecule has 2 atom stereocenters. The first-order chi connectivity index (χ1) is 14.2. The van der Waals surface area contributed by atoms with E-state index in [9.17, 15) is 9.59 Å². The van der Waals surface area contributed by atoms with Crippen LogP contribution in [0.1, 0.15) is 40.4 Å². The zero-order valence-corrected chi connectivity index (χ0v) is 16.5. The smallest absolute Gasteiger partial charge is 0.337 e. The van der Waals surface area contributed by atoms with Crippen LogP contribution in [-0.2, 0) is 20.8 Å². The second-order valence-electron chi connectivity index (χ2n) is 7.43. The summed E-state index contributed by atoms with van der Waals surface area (Å²) in [6.45, 7) is 1.92. The number of hydrogen-bond acceptors (Lipinski definition) is 5. The third kappa shape index (κ3) is 4.12. The number of ether oxygens (including phenoxy) is 3. The fourth-order valence-electron chi connectivity index (χ4n) is 3.97. The summed E-state index contributed by atoms with van der Waals surface area (Å²) in [5.74, 6) is 0.162. The lowest BCUT2D eigenvalue weighted by molar-refractivity contribution is -0.143. The molecule has 0 spiro atoms. The summed E-state index contributed by atoms with van der Waals surface area (Å²) in [7, 11) is 1.35. The number of amides is 1. The number of esters is 1. The first kappa shape index (κ1) is 19.5. The summed E-state index contributed by atoms with van der Waals surface area (Å²) < 4.78 is 16.5. The Kier molecular flexibility index (Phi) is 5.81. The molecule has 2 aliphatic heterocycles. The van der Waals surface area contributed by atoms with E-state index >= 15 is 0 Å². The van der Waals surface area contributed by atoms with Gasteiger partial charge in [0.2, 0.25) is 5.91 Å². The molecular weight excluding hydrogens is 370 g/mol. The van der Waals surface area contributed by atoms with Crippen molar-refractivity contribution in [2.75, 3.05) is 26.9 Å². The quantitative estimate of drug-likeness (QED) is 0.746. The number of fused-ring (bicyclic) bond motifs is 1. The van der Waals surface area contributed by atoms with E-state index < -0.39 is 5.97 Å². The number of carbonyl (C=O) groups is 2. The largest absolute Gasteiger partial charge is 0.491 e. The molecule has 0 unspecified atom stereocenters. The third-order valence-electron chi connectivity index (χ3n) is 5.58. The molecule has 29 heavy (non-hydrogen) atoms. The van der Waals surface area contributed by atoms with E-state index in [4.69, 9.17) is 14.2 Å². The molecule has 6 nitrogen and oxygen atoms in total. The van der Waals surface area contributed by atoms with E-state index in [1.54, 1.807) is 12.1 Å². The maximum Gasteiger partial charge on any atom is 0.337 e. The predicted octanol–water partition coefficient (Wildman–Crippen LogP) is 3.36. The van der Waals surface area contributed by atoms with Gasteiger partial charge in [0.25, 0.3) is 0 Å². The Balaban J connectivity index is 1.68. The zero-order valence-electron chi connectivity index (χ0n) is 16.5. The van der Waals surface area contributed by atoms with Crippen LogP contribution in [0.25, 0.3) is 0 Å². The summed E-state index contributed by atoms with van der Waals surface area (Å²) in [6.07, 6.45) is 1.74. The molecule has 1 amide bonds. The molecule has 0 saturated carbocycles. The van der Waals surface area contributed by atoms with Crippen molar-refractivity contribution in [3.05, 3.63) is 65.2 Å². The minimum absolute atomic E-state index is 0.0899. The maximum atomic E-state index is 13.4. The van der Waals surface area contributed by atoms with Gasteiger partial charge in [-0.15, -0.1) is 0 Å². The van der Waals surface area contributed by atoms with Crippen molar-refractivity contribution in [2.24, 2.45) is 5.92 Å². The van der Waals surface area contributed by atoms with Crippen LogP contribution in [0.2, 0.25) is 0 Å². The minimum atomic E-state index is -0.410. The van der Waals surface area contributed by atoms with Crippen molar-refractivity contribution in [3.63, 3.8) is 0 Å². The number of methoxy groups -OCH3 is 1. The summed E-state index contributed by atoms with van der Waals surface area (Å²) >= 11 is 0. The molecule has 2 aromatic carbocycles. The highest BCUT2D eigenvalue weighted by Crippen LogP contribution is 2.34. The fourth-order valence-corrected chi connectivity index (χ4v) is 3.97. The summed E-state index contributed by atoms with van der Waals surface area (Å²) in [5.41, 5.74) is 2.34. The summed E-state index contributed by atoms with van der Waals surface area (Å²) in [5, 5.41) is 0. The lowest BCUT2D eigenvalue weighted by Gasteiger charge is -2.34. The standard InChI is InChI=1S/C23H25NO5/c1-27-23(26)17-9-10-18-13-24(22(25)19-8-5-11-28-14-19)20(15-29-21(18)12-17)16-6-3-2-4-7-16/h2-4,6-7,9-10,12,19-20H,5,8,11,13-15H2,1H3/t19-,20+/m0/s1. The molecule has 0 aliphatic carbocycles. The molecule has 4 rings (SSSR count). The van der Waals surface area contributed by atoms with E-state index in [1.165, 1.54) is 7.11 Å². The summed E-state index contributed by atoms with van der Waals surface area (Å²) in [6, 6.07) is 15.0. The Bertz CT molecular complexity index is 876. The van der Waals surface area contributed by atoms with Crippen molar-refractivity contribution in [3.8, 4) is 5.75 Å². The SMILES string of the molecule is COC(=O)c1ccc2c(c1)OC[C@H](c1ccccc1)N(C(=O)[C@H]1CCCOC1)C2. The number of rotatable bonds is 3. The summed E-state index contributed by atoms with van der Waals surface area (Å²) in [4.78, 5) is 27.2. The van der Waals surface area contributed by atoms with E-state index in [0.717, 1.165) is 24.0 Å².